The maximum atomic E-state index is 12.4. The molecule has 1 aromatic carbocycles. The molecule has 1 fully saturated rings. The zero-order valence-electron chi connectivity index (χ0n) is 15.4. The van der Waals surface area contributed by atoms with E-state index in [1.54, 1.807) is 18.3 Å². The van der Waals surface area contributed by atoms with Crippen LogP contribution in [-0.2, 0) is 11.3 Å². The minimum absolute atomic E-state index is 0.184. The molecular weight excluding hydrogens is 330 g/mol. The van der Waals surface area contributed by atoms with Gasteiger partial charge in [-0.25, -0.2) is 4.98 Å². The number of morpholine rings is 1. The maximum Gasteiger partial charge on any atom is 0.255 e. The van der Waals surface area contributed by atoms with Gasteiger partial charge in [0.1, 0.15) is 5.69 Å². The van der Waals surface area contributed by atoms with Crippen molar-refractivity contribution in [3.8, 4) is 5.88 Å². The number of aromatic nitrogens is 1. The van der Waals surface area contributed by atoms with Crippen LogP contribution in [0, 0.1) is 0 Å². The molecule has 138 valence electrons. The summed E-state index contributed by atoms with van der Waals surface area (Å²) in [7, 11) is 1.53. The molecule has 1 N–H and O–H groups in total. The number of nitrogens with one attached hydrogen (secondary N) is 1. The van der Waals surface area contributed by atoms with Gasteiger partial charge in [0.2, 0.25) is 5.88 Å². The van der Waals surface area contributed by atoms with Crippen LogP contribution in [0.25, 0.3) is 0 Å². The van der Waals surface area contributed by atoms with Crippen LogP contribution in [-0.4, -0.2) is 48.2 Å². The first-order valence-electron chi connectivity index (χ1n) is 8.82. The number of pyridine rings is 1. The molecule has 3 rings (SSSR count). The van der Waals surface area contributed by atoms with Gasteiger partial charge in [0.25, 0.3) is 5.91 Å². The van der Waals surface area contributed by atoms with Gasteiger partial charge in [0.15, 0.2) is 0 Å². The third kappa shape index (κ3) is 4.59. The van der Waals surface area contributed by atoms with Crippen LogP contribution in [0.2, 0.25) is 0 Å². The first kappa shape index (κ1) is 18.4. The van der Waals surface area contributed by atoms with Crippen molar-refractivity contribution in [2.24, 2.45) is 0 Å². The number of carbonyl (C=O) groups excluding carboxylic acids is 1. The van der Waals surface area contributed by atoms with E-state index in [1.807, 2.05) is 24.3 Å². The Morgan fingerprint density at radius 3 is 2.58 bits per heavy atom. The second-order valence-electron chi connectivity index (χ2n) is 6.66. The smallest absolute Gasteiger partial charge is 0.255 e. The molecule has 2 unspecified atom stereocenters. The molecular formula is C20H25N3O3. The van der Waals surface area contributed by atoms with E-state index in [2.05, 4.69) is 29.0 Å². The van der Waals surface area contributed by atoms with Crippen molar-refractivity contribution < 1.29 is 14.3 Å². The molecule has 0 spiro atoms. The SMILES string of the molecule is COc1ncccc1NC(=O)c1ccc(CN2CC(C)OC(C)C2)cc1. The summed E-state index contributed by atoms with van der Waals surface area (Å²) in [5, 5.41) is 2.84. The second-order valence-corrected chi connectivity index (χ2v) is 6.66. The fourth-order valence-corrected chi connectivity index (χ4v) is 3.28. The number of hydrogen-bond acceptors (Lipinski definition) is 5. The van der Waals surface area contributed by atoms with E-state index < -0.39 is 0 Å². The van der Waals surface area contributed by atoms with Gasteiger partial charge in [-0.15, -0.1) is 0 Å². The average molecular weight is 355 g/mol. The second kappa shape index (κ2) is 8.29. The first-order chi connectivity index (χ1) is 12.5. The highest BCUT2D eigenvalue weighted by Crippen LogP contribution is 2.21. The van der Waals surface area contributed by atoms with Crippen LogP contribution in [0.5, 0.6) is 5.88 Å². The molecule has 1 aliphatic rings. The zero-order chi connectivity index (χ0) is 18.5. The quantitative estimate of drug-likeness (QED) is 0.893. The van der Waals surface area contributed by atoms with Crippen LogP contribution in [0.1, 0.15) is 29.8 Å². The number of rotatable bonds is 5. The zero-order valence-corrected chi connectivity index (χ0v) is 15.4. The van der Waals surface area contributed by atoms with E-state index in [1.165, 1.54) is 12.7 Å². The van der Waals surface area contributed by atoms with Gasteiger partial charge in [-0.1, -0.05) is 12.1 Å². The van der Waals surface area contributed by atoms with Crippen LogP contribution < -0.4 is 10.1 Å². The van der Waals surface area contributed by atoms with Gasteiger partial charge >= 0.3 is 0 Å². The highest BCUT2D eigenvalue weighted by molar-refractivity contribution is 6.04. The molecule has 0 aliphatic carbocycles. The van der Waals surface area contributed by atoms with E-state index in [0.717, 1.165) is 19.6 Å². The molecule has 2 aromatic rings. The van der Waals surface area contributed by atoms with Gasteiger partial charge < -0.3 is 14.8 Å². The number of hydrogen-bond donors (Lipinski definition) is 1. The standard InChI is InChI=1S/C20H25N3O3/c1-14-11-23(12-15(2)26-14)13-16-6-8-17(9-7-16)19(24)22-18-5-4-10-21-20(18)25-3/h4-10,14-15H,11-13H2,1-3H3,(H,22,24). The van der Waals surface area contributed by atoms with E-state index in [0.29, 0.717) is 17.1 Å². The number of benzene rings is 1. The Hall–Kier alpha value is -2.44. The van der Waals surface area contributed by atoms with Crippen LogP contribution in [0.15, 0.2) is 42.6 Å². The molecule has 0 saturated carbocycles. The molecule has 26 heavy (non-hydrogen) atoms. The third-order valence-electron chi connectivity index (χ3n) is 4.33. The summed E-state index contributed by atoms with van der Waals surface area (Å²) in [4.78, 5) is 18.9. The first-order valence-corrected chi connectivity index (χ1v) is 8.82. The summed E-state index contributed by atoms with van der Waals surface area (Å²) in [6, 6.07) is 11.2. The Morgan fingerprint density at radius 1 is 1.23 bits per heavy atom. The highest BCUT2D eigenvalue weighted by Gasteiger charge is 2.22. The maximum absolute atomic E-state index is 12.4. The van der Waals surface area contributed by atoms with Crippen molar-refractivity contribution in [3.63, 3.8) is 0 Å². The lowest BCUT2D eigenvalue weighted by molar-refractivity contribution is -0.0704. The van der Waals surface area contributed by atoms with Crippen molar-refractivity contribution in [1.29, 1.82) is 0 Å². The number of amides is 1. The molecule has 1 aromatic heterocycles. The van der Waals surface area contributed by atoms with Gasteiger partial charge in [-0.3, -0.25) is 9.69 Å². The predicted molar refractivity (Wildman–Crippen MR) is 100 cm³/mol. The van der Waals surface area contributed by atoms with E-state index in [-0.39, 0.29) is 18.1 Å². The summed E-state index contributed by atoms with van der Waals surface area (Å²) >= 11 is 0. The van der Waals surface area contributed by atoms with Crippen LogP contribution in [0.3, 0.4) is 0 Å². The Morgan fingerprint density at radius 2 is 1.92 bits per heavy atom. The number of nitrogens with zero attached hydrogens (tertiary/aromatic N) is 2. The van der Waals surface area contributed by atoms with Crippen LogP contribution >= 0.6 is 0 Å². The number of ether oxygens (including phenoxy) is 2. The number of anilines is 1. The van der Waals surface area contributed by atoms with Crippen molar-refractivity contribution in [1.82, 2.24) is 9.88 Å². The lowest BCUT2D eigenvalue weighted by Crippen LogP contribution is -2.44. The van der Waals surface area contributed by atoms with Crippen molar-refractivity contribution in [2.75, 3.05) is 25.5 Å². The van der Waals surface area contributed by atoms with Crippen molar-refractivity contribution >= 4 is 11.6 Å². The normalized spacial score (nSPS) is 20.6. The molecule has 2 atom stereocenters. The van der Waals surface area contributed by atoms with Gasteiger partial charge in [-0.05, 0) is 43.7 Å². The Balaban J connectivity index is 1.62. The van der Waals surface area contributed by atoms with Crippen molar-refractivity contribution in [2.45, 2.75) is 32.6 Å². The topological polar surface area (TPSA) is 63.7 Å². The van der Waals surface area contributed by atoms with Gasteiger partial charge in [0.05, 0.1) is 19.3 Å². The van der Waals surface area contributed by atoms with Crippen molar-refractivity contribution in [3.05, 3.63) is 53.7 Å². The minimum Gasteiger partial charge on any atom is -0.480 e. The molecule has 0 bridgehead atoms. The van der Waals surface area contributed by atoms with E-state index in [9.17, 15) is 4.79 Å². The van der Waals surface area contributed by atoms with E-state index in [4.69, 9.17) is 9.47 Å². The summed E-state index contributed by atoms with van der Waals surface area (Å²) in [6.07, 6.45) is 2.12. The predicted octanol–water partition coefficient (Wildman–Crippen LogP) is 2.95. The molecule has 1 saturated heterocycles. The third-order valence-corrected chi connectivity index (χ3v) is 4.33. The number of methoxy groups -OCH3 is 1. The van der Waals surface area contributed by atoms with Gasteiger partial charge in [-0.2, -0.15) is 0 Å². The average Bonchev–Trinajstić information content (AvgIpc) is 2.62. The molecule has 6 nitrogen and oxygen atoms in total. The Kier molecular flexibility index (Phi) is 5.85. The van der Waals surface area contributed by atoms with Crippen LogP contribution in [0.4, 0.5) is 5.69 Å². The Labute approximate surface area is 154 Å². The lowest BCUT2D eigenvalue weighted by atomic mass is 10.1. The van der Waals surface area contributed by atoms with E-state index >= 15 is 0 Å². The molecule has 0 radical (unpaired) electrons. The highest BCUT2D eigenvalue weighted by atomic mass is 16.5. The number of carbonyl (C=O) groups is 1. The summed E-state index contributed by atoms with van der Waals surface area (Å²) in [5.74, 6) is 0.212. The lowest BCUT2D eigenvalue weighted by Gasteiger charge is -2.35. The molecule has 1 aliphatic heterocycles. The summed E-state index contributed by atoms with van der Waals surface area (Å²) in [5.41, 5.74) is 2.34. The Bertz CT molecular complexity index is 738. The fraction of sp³-hybridized carbons (Fsp3) is 0.400. The largest absolute Gasteiger partial charge is 0.480 e. The fourth-order valence-electron chi connectivity index (χ4n) is 3.28. The monoisotopic (exact) mass is 355 g/mol. The molecule has 6 heteroatoms. The minimum atomic E-state index is -0.184. The van der Waals surface area contributed by atoms with Gasteiger partial charge in [0, 0.05) is 31.4 Å². The molecule has 2 heterocycles. The summed E-state index contributed by atoms with van der Waals surface area (Å²) in [6.45, 7) is 6.91. The summed E-state index contributed by atoms with van der Waals surface area (Å²) < 4.78 is 10.9. The molecule has 1 amide bonds.